The summed E-state index contributed by atoms with van der Waals surface area (Å²) < 4.78 is 25.8. The van der Waals surface area contributed by atoms with Crippen molar-refractivity contribution in [2.45, 2.75) is 25.5 Å². The summed E-state index contributed by atoms with van der Waals surface area (Å²) >= 11 is 5.72. The number of hydrogen-bond acceptors (Lipinski definition) is 2. The fourth-order valence-corrected chi connectivity index (χ4v) is 2.57. The van der Waals surface area contributed by atoms with Crippen molar-refractivity contribution >= 4 is 21.6 Å². The fourth-order valence-electron chi connectivity index (χ4n) is 1.26. The Morgan fingerprint density at radius 1 is 1.25 bits per heavy atom. The molecule has 0 aliphatic rings. The van der Waals surface area contributed by atoms with Crippen LogP contribution in [0.3, 0.4) is 0 Å². The van der Waals surface area contributed by atoms with E-state index in [1.807, 2.05) is 6.92 Å². The van der Waals surface area contributed by atoms with E-state index >= 15 is 0 Å². The molecular formula is C11H16ClNO2S. The van der Waals surface area contributed by atoms with Gasteiger partial charge in [-0.3, -0.25) is 0 Å². The van der Waals surface area contributed by atoms with Crippen LogP contribution in [0, 0.1) is 0 Å². The first-order chi connectivity index (χ1) is 7.53. The van der Waals surface area contributed by atoms with E-state index in [0.29, 0.717) is 11.6 Å². The number of sulfonamides is 1. The van der Waals surface area contributed by atoms with Crippen molar-refractivity contribution in [1.82, 2.24) is 4.72 Å². The number of rotatable bonds is 6. The van der Waals surface area contributed by atoms with E-state index in [-0.39, 0.29) is 5.75 Å². The van der Waals surface area contributed by atoms with E-state index in [1.54, 1.807) is 24.3 Å². The minimum absolute atomic E-state index is 0.00782. The zero-order chi connectivity index (χ0) is 12.0. The van der Waals surface area contributed by atoms with Crippen molar-refractivity contribution in [1.29, 1.82) is 0 Å². The van der Waals surface area contributed by atoms with Gasteiger partial charge in [0, 0.05) is 11.6 Å². The third-order valence-electron chi connectivity index (χ3n) is 2.12. The lowest BCUT2D eigenvalue weighted by atomic mass is 10.2. The first kappa shape index (κ1) is 13.5. The van der Waals surface area contributed by atoms with Gasteiger partial charge in [0.1, 0.15) is 0 Å². The summed E-state index contributed by atoms with van der Waals surface area (Å²) in [6, 6.07) is 6.83. The molecule has 0 radical (unpaired) electrons. The van der Waals surface area contributed by atoms with Crippen molar-refractivity contribution in [3.05, 3.63) is 34.9 Å². The van der Waals surface area contributed by atoms with Crippen LogP contribution in [0.5, 0.6) is 0 Å². The maximum Gasteiger partial charge on any atom is 0.215 e. The molecule has 1 aromatic carbocycles. The Kier molecular flexibility index (Phi) is 5.25. The molecule has 0 spiro atoms. The SMILES string of the molecule is CCCCNS(=O)(=O)Cc1ccc(Cl)cc1. The molecule has 0 saturated heterocycles. The molecule has 0 atom stereocenters. The normalized spacial score (nSPS) is 11.6. The summed E-state index contributed by atoms with van der Waals surface area (Å²) in [4.78, 5) is 0. The lowest BCUT2D eigenvalue weighted by Crippen LogP contribution is -2.26. The average Bonchev–Trinajstić information content (AvgIpc) is 2.21. The predicted octanol–water partition coefficient (Wildman–Crippen LogP) is 2.56. The summed E-state index contributed by atoms with van der Waals surface area (Å²) in [5.41, 5.74) is 0.744. The molecule has 5 heteroatoms. The van der Waals surface area contributed by atoms with E-state index in [4.69, 9.17) is 11.6 Å². The van der Waals surface area contributed by atoms with Crippen molar-refractivity contribution in [3.63, 3.8) is 0 Å². The molecule has 0 amide bonds. The first-order valence-corrected chi connectivity index (χ1v) is 7.28. The molecule has 0 fully saturated rings. The van der Waals surface area contributed by atoms with Crippen molar-refractivity contribution < 1.29 is 8.42 Å². The number of benzene rings is 1. The molecule has 0 aromatic heterocycles. The molecule has 0 heterocycles. The molecule has 1 N–H and O–H groups in total. The highest BCUT2D eigenvalue weighted by molar-refractivity contribution is 7.88. The fraction of sp³-hybridized carbons (Fsp3) is 0.455. The Morgan fingerprint density at radius 3 is 2.44 bits per heavy atom. The summed E-state index contributed by atoms with van der Waals surface area (Å²) in [6.45, 7) is 2.53. The van der Waals surface area contributed by atoms with Gasteiger partial charge in [0.05, 0.1) is 5.75 Å². The van der Waals surface area contributed by atoms with Crippen LogP contribution in [0.2, 0.25) is 5.02 Å². The molecule has 16 heavy (non-hydrogen) atoms. The Hall–Kier alpha value is -0.580. The second kappa shape index (κ2) is 6.23. The number of hydrogen-bond donors (Lipinski definition) is 1. The standard InChI is InChI=1S/C11H16ClNO2S/c1-2-3-8-13-16(14,15)9-10-4-6-11(12)7-5-10/h4-7,13H,2-3,8-9H2,1H3. The van der Waals surface area contributed by atoms with Gasteiger partial charge in [0.25, 0.3) is 0 Å². The van der Waals surface area contributed by atoms with Crippen LogP contribution in [0.25, 0.3) is 0 Å². The highest BCUT2D eigenvalue weighted by atomic mass is 35.5. The Morgan fingerprint density at radius 2 is 1.88 bits per heavy atom. The van der Waals surface area contributed by atoms with E-state index in [2.05, 4.69) is 4.72 Å². The Balaban J connectivity index is 2.55. The van der Waals surface area contributed by atoms with Crippen LogP contribution in [0.4, 0.5) is 0 Å². The lowest BCUT2D eigenvalue weighted by molar-refractivity contribution is 0.577. The zero-order valence-electron chi connectivity index (χ0n) is 9.24. The molecule has 0 saturated carbocycles. The molecule has 3 nitrogen and oxygen atoms in total. The van der Waals surface area contributed by atoms with Crippen molar-refractivity contribution in [2.24, 2.45) is 0 Å². The van der Waals surface area contributed by atoms with Gasteiger partial charge in [-0.25, -0.2) is 13.1 Å². The highest BCUT2D eigenvalue weighted by Crippen LogP contribution is 2.11. The predicted molar refractivity (Wildman–Crippen MR) is 67.0 cm³/mol. The minimum atomic E-state index is -3.21. The lowest BCUT2D eigenvalue weighted by Gasteiger charge is -2.06. The van der Waals surface area contributed by atoms with Gasteiger partial charge in [-0.2, -0.15) is 0 Å². The molecule has 90 valence electrons. The second-order valence-electron chi connectivity index (χ2n) is 3.63. The molecule has 0 aliphatic carbocycles. The third kappa shape index (κ3) is 4.96. The molecular weight excluding hydrogens is 246 g/mol. The summed E-state index contributed by atoms with van der Waals surface area (Å²) in [7, 11) is -3.21. The van der Waals surface area contributed by atoms with Crippen LogP contribution >= 0.6 is 11.6 Å². The van der Waals surface area contributed by atoms with Gasteiger partial charge in [-0.15, -0.1) is 0 Å². The van der Waals surface area contributed by atoms with Crippen molar-refractivity contribution in [3.8, 4) is 0 Å². The van der Waals surface area contributed by atoms with Gasteiger partial charge < -0.3 is 0 Å². The van der Waals surface area contributed by atoms with Gasteiger partial charge >= 0.3 is 0 Å². The molecule has 1 aromatic rings. The van der Waals surface area contributed by atoms with Crippen LogP contribution in [0.15, 0.2) is 24.3 Å². The monoisotopic (exact) mass is 261 g/mol. The quantitative estimate of drug-likeness (QED) is 0.800. The van der Waals surface area contributed by atoms with Gasteiger partial charge in [0.2, 0.25) is 10.0 Å². The van der Waals surface area contributed by atoms with Crippen LogP contribution < -0.4 is 4.72 Å². The molecule has 0 bridgehead atoms. The van der Waals surface area contributed by atoms with E-state index in [0.717, 1.165) is 18.4 Å². The Bertz CT molecular complexity index is 414. The largest absolute Gasteiger partial charge is 0.215 e. The average molecular weight is 262 g/mol. The van der Waals surface area contributed by atoms with Gasteiger partial charge in [0.15, 0.2) is 0 Å². The highest BCUT2D eigenvalue weighted by Gasteiger charge is 2.10. The van der Waals surface area contributed by atoms with Crippen LogP contribution in [-0.4, -0.2) is 15.0 Å². The smallest absolute Gasteiger partial charge is 0.215 e. The molecule has 1 rings (SSSR count). The van der Waals surface area contributed by atoms with Crippen LogP contribution in [0.1, 0.15) is 25.3 Å². The zero-order valence-corrected chi connectivity index (χ0v) is 10.8. The summed E-state index contributed by atoms with van der Waals surface area (Å²) in [5.74, 6) is 0.00782. The van der Waals surface area contributed by atoms with E-state index in [1.165, 1.54) is 0 Å². The van der Waals surface area contributed by atoms with Crippen LogP contribution in [-0.2, 0) is 15.8 Å². The number of halogens is 1. The van der Waals surface area contributed by atoms with E-state index < -0.39 is 10.0 Å². The molecule has 0 unspecified atom stereocenters. The van der Waals surface area contributed by atoms with Crippen molar-refractivity contribution in [2.75, 3.05) is 6.54 Å². The maximum atomic E-state index is 11.6. The van der Waals surface area contributed by atoms with Gasteiger partial charge in [-0.1, -0.05) is 37.1 Å². The number of nitrogens with one attached hydrogen (secondary N) is 1. The maximum absolute atomic E-state index is 11.6. The third-order valence-corrected chi connectivity index (χ3v) is 3.73. The second-order valence-corrected chi connectivity index (χ2v) is 5.88. The molecule has 0 aliphatic heterocycles. The minimum Gasteiger partial charge on any atom is -0.215 e. The van der Waals surface area contributed by atoms with Gasteiger partial charge in [-0.05, 0) is 24.1 Å². The van der Waals surface area contributed by atoms with E-state index in [9.17, 15) is 8.42 Å². The summed E-state index contributed by atoms with van der Waals surface area (Å²) in [5, 5.41) is 0.611. The number of unbranched alkanes of at least 4 members (excludes halogenated alkanes) is 1. The Labute approximate surface area is 102 Å². The first-order valence-electron chi connectivity index (χ1n) is 5.25. The summed E-state index contributed by atoms with van der Waals surface area (Å²) in [6.07, 6.45) is 1.84. The topological polar surface area (TPSA) is 46.2 Å².